The molecule has 21 nitrogen and oxygen atoms in total. The molecule has 0 bridgehead atoms. The van der Waals surface area contributed by atoms with E-state index in [-0.39, 0.29) is 35.9 Å². The van der Waals surface area contributed by atoms with E-state index in [2.05, 4.69) is 83.6 Å². The molecule has 2 amide bonds. The van der Waals surface area contributed by atoms with Crippen LogP contribution in [0.25, 0.3) is 33.1 Å². The van der Waals surface area contributed by atoms with Gasteiger partial charge in [-0.05, 0) is 216 Å². The summed E-state index contributed by atoms with van der Waals surface area (Å²) in [6.07, 6.45) is 21.5. The minimum Gasteiger partial charge on any atom is -0.480 e. The fraction of sp³-hybridized carbons (Fsp3) is 0.429. The number of carboxylic acid groups (broad SMARTS) is 1. The average molecular weight is 1600 g/mol. The maximum absolute atomic E-state index is 12.7. The number of carbonyl (C=O) groups is 4. The number of halogens is 2. The molecule has 0 saturated carbocycles. The molecule has 0 unspecified atom stereocenters. The molecular weight excluding hydrogens is 1510 g/mol. The number of amides is 2. The molecule has 12 heterocycles. The van der Waals surface area contributed by atoms with Gasteiger partial charge in [-0.3, -0.25) is 23.4 Å². The molecule has 7 aromatic rings. The molecule has 25 heteroatoms. The Kier molecular flexibility index (Phi) is 23.7. The maximum atomic E-state index is 12.7. The number of nitrogens with zero attached hydrogens (tertiary/aromatic N) is 4. The summed E-state index contributed by atoms with van der Waals surface area (Å²) in [5.41, 5.74) is 28.8. The highest BCUT2D eigenvalue weighted by Crippen LogP contribution is 2.50. The predicted molar refractivity (Wildman–Crippen MR) is 433 cm³/mol. The molecular formula is C84H93BrClN7O14S2. The van der Waals surface area contributed by atoms with Gasteiger partial charge in [0.2, 0.25) is 11.8 Å². The fourth-order valence-corrected chi connectivity index (χ4v) is 19.8. The summed E-state index contributed by atoms with van der Waals surface area (Å²) in [5, 5.41) is 16.4. The van der Waals surface area contributed by atoms with Crippen LogP contribution in [0.15, 0.2) is 121 Å². The number of nitrogens with two attached hydrogens (primary N) is 1. The summed E-state index contributed by atoms with van der Waals surface area (Å²) in [7, 11) is -3.93. The van der Waals surface area contributed by atoms with Gasteiger partial charge >= 0.3 is 17.2 Å². The number of anilines is 4. The second-order valence-electron chi connectivity index (χ2n) is 29.7. The first-order valence-electron chi connectivity index (χ1n) is 38.1. The van der Waals surface area contributed by atoms with Gasteiger partial charge in [0, 0.05) is 161 Å². The Morgan fingerprint density at radius 2 is 1.08 bits per heavy atom. The summed E-state index contributed by atoms with van der Waals surface area (Å²) in [6.45, 7) is 19.2. The first-order chi connectivity index (χ1) is 52.6. The zero-order chi connectivity index (χ0) is 76.4. The van der Waals surface area contributed by atoms with Crippen molar-refractivity contribution in [1.82, 2.24) is 10.6 Å². The molecule has 2 atom stereocenters. The SMILES string of the molecule is C=C1C=C(CBr)c2cc3c4c(c2O1)CCCN4CCC3.C=C1C=C(CCl)c2cc3c4c(c2O1)CCCN4CCC3.CC(=O)[C@H](N)CCC(=O)N[C@H](CSCc1cc(=O)oc2c3c4c(cc12)CCCN4CCC3)C(=O)NCC(=O)O.Cc1ccc(S(=O)(=O)OCc2cc(=O)oc3c4c5c(cc23)CCCN5CCC4)cc1. The Morgan fingerprint density at radius 1 is 0.642 bits per heavy atom. The number of alkyl halides is 2. The lowest BCUT2D eigenvalue weighted by Gasteiger charge is -2.39. The number of hydrogen-bond donors (Lipinski definition) is 4. The van der Waals surface area contributed by atoms with Crippen LogP contribution in [0, 0.1) is 6.92 Å². The van der Waals surface area contributed by atoms with E-state index in [1.807, 2.05) is 19.1 Å². The Bertz CT molecular complexity index is 5010. The Morgan fingerprint density at radius 3 is 1.56 bits per heavy atom. The third-order valence-corrected chi connectivity index (χ3v) is 25.4. The van der Waals surface area contributed by atoms with Crippen molar-refractivity contribution in [2.24, 2.45) is 5.73 Å². The second kappa shape index (κ2) is 33.5. The molecule has 5 N–H and O–H groups in total. The van der Waals surface area contributed by atoms with Gasteiger partial charge in [0.05, 0.1) is 17.5 Å². The third-order valence-electron chi connectivity index (χ3n) is 22.2. The Hall–Kier alpha value is -8.65. The molecule has 574 valence electrons. The number of fused-ring (bicyclic) bond motifs is 8. The topological polar surface area (TPSA) is 274 Å². The number of carbonyl (C=O) groups excluding carboxylic acids is 3. The van der Waals surface area contributed by atoms with Crippen molar-refractivity contribution in [3.05, 3.63) is 191 Å². The smallest absolute Gasteiger partial charge is 0.336 e. The number of nitrogens with one attached hydrogen (secondary N) is 2. The highest BCUT2D eigenvalue weighted by atomic mass is 79.9. The minimum absolute atomic E-state index is 0.0522. The van der Waals surface area contributed by atoms with E-state index in [4.69, 9.17) is 44.9 Å². The number of thioether (sulfide) groups is 1. The van der Waals surface area contributed by atoms with Crippen molar-refractivity contribution >= 4 is 129 Å². The van der Waals surface area contributed by atoms with Gasteiger partial charge in [0.1, 0.15) is 52.6 Å². The number of rotatable bonds is 18. The van der Waals surface area contributed by atoms with E-state index in [0.29, 0.717) is 34.1 Å². The second-order valence-corrected chi connectivity index (χ2v) is 33.2. The van der Waals surface area contributed by atoms with Crippen LogP contribution in [-0.2, 0) is 97.2 Å². The lowest BCUT2D eigenvalue weighted by molar-refractivity contribution is -0.138. The van der Waals surface area contributed by atoms with Crippen molar-refractivity contribution < 1.29 is 55.2 Å². The number of carboxylic acids is 1. The van der Waals surface area contributed by atoms with E-state index in [9.17, 15) is 37.2 Å². The Labute approximate surface area is 652 Å². The first kappa shape index (κ1) is 77.1. The van der Waals surface area contributed by atoms with Crippen LogP contribution in [-0.4, -0.2) is 125 Å². The van der Waals surface area contributed by atoms with Crippen LogP contribution in [0.1, 0.15) is 143 Å². The van der Waals surface area contributed by atoms with Gasteiger partial charge in [-0.15, -0.1) is 11.6 Å². The number of hydrogen-bond acceptors (Lipinski definition) is 19. The average Bonchev–Trinajstić information content (AvgIpc) is 0.765. The first-order valence-corrected chi connectivity index (χ1v) is 42.3. The lowest BCUT2D eigenvalue weighted by atomic mass is 9.86. The number of aryl methyl sites for hydroxylation is 7. The van der Waals surface area contributed by atoms with Crippen molar-refractivity contribution in [2.45, 2.75) is 159 Å². The van der Waals surface area contributed by atoms with E-state index in [1.54, 1.807) is 12.1 Å². The van der Waals surface area contributed by atoms with E-state index < -0.39 is 57.8 Å². The van der Waals surface area contributed by atoms with Crippen molar-refractivity contribution in [3.8, 4) is 11.5 Å². The predicted octanol–water partition coefficient (Wildman–Crippen LogP) is 12.8. The fourth-order valence-electron chi connectivity index (χ4n) is 17.2. The number of benzene rings is 5. The molecule has 10 aliphatic heterocycles. The van der Waals surface area contributed by atoms with Gasteiger partial charge in [0.15, 0.2) is 0 Å². The molecule has 17 rings (SSSR count). The number of allylic oxidation sites excluding steroid dienone is 4. The van der Waals surface area contributed by atoms with Crippen LogP contribution in [0.2, 0.25) is 0 Å². The third kappa shape index (κ3) is 16.7. The van der Waals surface area contributed by atoms with E-state index >= 15 is 0 Å². The molecule has 10 aliphatic rings. The minimum atomic E-state index is -3.93. The summed E-state index contributed by atoms with van der Waals surface area (Å²) < 4.78 is 53.9. The van der Waals surface area contributed by atoms with Gasteiger partial charge in [-0.1, -0.05) is 46.8 Å². The molecule has 0 aliphatic carbocycles. The largest absolute Gasteiger partial charge is 0.480 e. The lowest BCUT2D eigenvalue weighted by Crippen LogP contribution is -2.49. The van der Waals surface area contributed by atoms with Crippen molar-refractivity contribution in [1.29, 1.82) is 0 Å². The summed E-state index contributed by atoms with van der Waals surface area (Å²) in [6, 6.07) is 16.3. The number of Topliss-reactive ketones (excluding diaryl/α,β-unsaturated/α-hetero) is 1. The van der Waals surface area contributed by atoms with E-state index in [1.165, 1.54) is 180 Å². The molecule has 2 aromatic heterocycles. The molecule has 5 aromatic carbocycles. The normalized spacial score (nSPS) is 17.4. The monoisotopic (exact) mass is 1600 g/mol. The van der Waals surface area contributed by atoms with Gasteiger partial charge in [0.25, 0.3) is 10.1 Å². The van der Waals surface area contributed by atoms with Gasteiger partial charge in [-0.25, -0.2) is 9.59 Å². The van der Waals surface area contributed by atoms with E-state index in [0.717, 1.165) is 152 Å². The molecule has 0 radical (unpaired) electrons. The van der Waals surface area contributed by atoms with Crippen LogP contribution in [0.3, 0.4) is 0 Å². The molecule has 0 spiro atoms. The maximum Gasteiger partial charge on any atom is 0.336 e. The Balaban J connectivity index is 0.000000126. The van der Waals surface area contributed by atoms with Crippen LogP contribution in [0.4, 0.5) is 22.7 Å². The number of aliphatic carboxylic acids is 1. The van der Waals surface area contributed by atoms with Crippen LogP contribution in [0.5, 0.6) is 11.5 Å². The number of ketones is 1. The van der Waals surface area contributed by atoms with Gasteiger partial charge < -0.3 is 59.4 Å². The molecule has 0 saturated heterocycles. The highest BCUT2D eigenvalue weighted by Gasteiger charge is 2.35. The van der Waals surface area contributed by atoms with Crippen molar-refractivity contribution in [3.63, 3.8) is 0 Å². The summed E-state index contributed by atoms with van der Waals surface area (Å²) in [4.78, 5) is 82.2. The van der Waals surface area contributed by atoms with Crippen LogP contribution < -0.4 is 56.7 Å². The standard InChI is InChI=1S/C27H34N4O7S.C23H23NO5S.C17H18BrNO.C17H18ClNO/c1-15(32)20(28)6-7-22(33)30-21(27(37)29-12-23(34)35)14-39-13-17-11-24(36)38-26-18-5-3-9-31-8-2-4-16(25(18)31)10-19(17)26;1-15-6-8-18(9-7-15)30(26,27)28-14-17-13-21(25)29-23-19-5-3-11-24-10-2-4-16(22(19)24)12-20(17)23;2*1-11-8-13(10-18)15-9-12-4-2-6-19-7-3-5-14(16(12)19)17(15)20-11/h10-11,20-21H,2-9,12-14,28H2,1H3,(H,29,37)(H,30,33)(H,34,35);6-9,12-13H,2-5,10-11,14H2,1H3;2*8-9H,1-7,10H2/t20-,21-;;;/m1.../s1. The molecule has 109 heavy (non-hydrogen) atoms. The number of ether oxygens (including phenoxy) is 2. The van der Waals surface area contributed by atoms with Crippen LogP contribution >= 0.6 is 39.3 Å². The quantitative estimate of drug-likeness (QED) is 0.0353. The van der Waals surface area contributed by atoms with Gasteiger partial charge in [-0.2, -0.15) is 20.2 Å². The summed E-state index contributed by atoms with van der Waals surface area (Å²) in [5.74, 6) is 2.04. The van der Waals surface area contributed by atoms with Crippen molar-refractivity contribution in [2.75, 3.05) is 95.5 Å². The molecule has 0 fully saturated rings. The highest BCUT2D eigenvalue weighted by molar-refractivity contribution is 9.09. The zero-order valence-electron chi connectivity index (χ0n) is 61.8. The summed E-state index contributed by atoms with van der Waals surface area (Å²) >= 11 is 11.1. The zero-order valence-corrected chi connectivity index (χ0v) is 65.8.